The van der Waals surface area contributed by atoms with Crippen molar-refractivity contribution in [1.29, 1.82) is 0 Å². The minimum Gasteiger partial charge on any atom is -0.352 e. The van der Waals surface area contributed by atoms with Gasteiger partial charge in [-0.25, -0.2) is 8.42 Å². The van der Waals surface area contributed by atoms with E-state index in [0.717, 1.165) is 29.5 Å². The number of carbonyl (C=O) groups is 1. The van der Waals surface area contributed by atoms with Crippen molar-refractivity contribution in [3.8, 4) is 0 Å². The monoisotopic (exact) mass is 492 g/mol. The van der Waals surface area contributed by atoms with Crippen LogP contribution in [0.15, 0.2) is 66.7 Å². The molecule has 0 saturated carbocycles. The molecule has 5 nitrogen and oxygen atoms in total. The third-order valence-corrected chi connectivity index (χ3v) is 7.32. The number of nitrogens with one attached hydrogen (secondary N) is 1. The first-order valence-electron chi connectivity index (χ1n) is 12.1. The van der Waals surface area contributed by atoms with Gasteiger partial charge in [0.25, 0.3) is 5.91 Å². The van der Waals surface area contributed by atoms with E-state index in [1.807, 2.05) is 44.2 Å². The first kappa shape index (κ1) is 26.5. The molecule has 0 heterocycles. The molecule has 35 heavy (non-hydrogen) atoms. The number of amides is 1. The highest BCUT2D eigenvalue weighted by atomic mass is 32.2. The summed E-state index contributed by atoms with van der Waals surface area (Å²) < 4.78 is 26.6. The molecule has 0 atom stereocenters. The number of para-hydroxylation sites is 1. The van der Waals surface area contributed by atoms with Gasteiger partial charge in [-0.15, -0.1) is 0 Å². The quantitative estimate of drug-likeness (QED) is 0.366. The van der Waals surface area contributed by atoms with Crippen molar-refractivity contribution in [2.45, 2.75) is 53.0 Å². The zero-order valence-electron chi connectivity index (χ0n) is 21.3. The van der Waals surface area contributed by atoms with E-state index in [1.165, 1.54) is 21.7 Å². The van der Waals surface area contributed by atoms with Gasteiger partial charge in [0.1, 0.15) is 0 Å². The third-order valence-electron chi connectivity index (χ3n) is 6.21. The van der Waals surface area contributed by atoms with E-state index in [9.17, 15) is 13.2 Å². The molecule has 0 bridgehead atoms. The van der Waals surface area contributed by atoms with Gasteiger partial charge in [0.2, 0.25) is 10.0 Å². The van der Waals surface area contributed by atoms with Gasteiger partial charge in [0, 0.05) is 12.1 Å². The summed E-state index contributed by atoms with van der Waals surface area (Å²) in [6.07, 6.45) is 3.00. The summed E-state index contributed by atoms with van der Waals surface area (Å²) in [5.74, 6) is 0.400. The highest BCUT2D eigenvalue weighted by molar-refractivity contribution is 7.92. The normalized spacial score (nSPS) is 11.5. The molecule has 0 aromatic heterocycles. The zero-order valence-corrected chi connectivity index (χ0v) is 22.2. The number of rotatable bonds is 10. The van der Waals surface area contributed by atoms with Crippen LogP contribution in [0.2, 0.25) is 0 Å². The Morgan fingerprint density at radius 2 is 1.46 bits per heavy atom. The van der Waals surface area contributed by atoms with E-state index in [0.29, 0.717) is 23.7 Å². The molecule has 0 unspecified atom stereocenters. The third kappa shape index (κ3) is 7.18. The van der Waals surface area contributed by atoms with E-state index in [-0.39, 0.29) is 12.5 Å². The Kier molecular flexibility index (Phi) is 8.73. The van der Waals surface area contributed by atoms with Crippen LogP contribution < -0.4 is 9.62 Å². The highest BCUT2D eigenvalue weighted by Gasteiger charge is 2.21. The molecule has 186 valence electrons. The van der Waals surface area contributed by atoms with Crippen molar-refractivity contribution in [3.05, 3.63) is 100 Å². The van der Waals surface area contributed by atoms with Crippen LogP contribution >= 0.6 is 0 Å². The molecule has 3 aromatic carbocycles. The summed E-state index contributed by atoms with van der Waals surface area (Å²) in [5.41, 5.74) is 6.50. The topological polar surface area (TPSA) is 66.5 Å². The lowest BCUT2D eigenvalue weighted by Gasteiger charge is -2.26. The summed E-state index contributed by atoms with van der Waals surface area (Å²) in [4.78, 5) is 12.6. The number of aryl methyl sites for hydroxylation is 3. The van der Waals surface area contributed by atoms with Gasteiger partial charge >= 0.3 is 0 Å². The summed E-state index contributed by atoms with van der Waals surface area (Å²) in [6, 6.07) is 21.5. The van der Waals surface area contributed by atoms with Gasteiger partial charge in [-0.1, -0.05) is 68.4 Å². The van der Waals surface area contributed by atoms with E-state index in [4.69, 9.17) is 0 Å². The smallest absolute Gasteiger partial charge is 0.251 e. The van der Waals surface area contributed by atoms with Gasteiger partial charge in [-0.2, -0.15) is 0 Å². The van der Waals surface area contributed by atoms with E-state index in [1.54, 1.807) is 12.1 Å². The molecule has 0 aliphatic heterocycles. The Hall–Kier alpha value is -3.12. The Bertz CT molecular complexity index is 1230. The molecule has 1 amide bonds. The summed E-state index contributed by atoms with van der Waals surface area (Å²) in [5, 5.41) is 2.98. The highest BCUT2D eigenvalue weighted by Crippen LogP contribution is 2.28. The minimum absolute atomic E-state index is 0.124. The van der Waals surface area contributed by atoms with Crippen LogP contribution in [0.1, 0.15) is 64.4 Å². The largest absolute Gasteiger partial charge is 0.352 e. The molecule has 0 aliphatic rings. The van der Waals surface area contributed by atoms with Crippen LogP contribution in [0.3, 0.4) is 0 Å². The van der Waals surface area contributed by atoms with Crippen molar-refractivity contribution < 1.29 is 13.2 Å². The number of benzene rings is 3. The zero-order chi connectivity index (χ0) is 25.6. The molecule has 0 radical (unpaired) electrons. The average Bonchev–Trinajstić information content (AvgIpc) is 2.81. The van der Waals surface area contributed by atoms with Crippen molar-refractivity contribution >= 4 is 21.6 Å². The number of sulfonamides is 1. The number of carbonyl (C=O) groups excluding carboxylic acids is 1. The molecular formula is C29H36N2O3S. The van der Waals surface area contributed by atoms with Crippen molar-refractivity contribution in [2.24, 2.45) is 0 Å². The predicted octanol–water partition coefficient (Wildman–Crippen LogP) is 5.76. The first-order valence-corrected chi connectivity index (χ1v) is 13.9. The predicted molar refractivity (Wildman–Crippen MR) is 145 cm³/mol. The number of hydrogen-bond donors (Lipinski definition) is 1. The second-order valence-corrected chi connectivity index (χ2v) is 11.4. The minimum atomic E-state index is -3.48. The molecule has 1 N–H and O–H groups in total. The number of nitrogens with zero attached hydrogens (tertiary/aromatic N) is 1. The molecule has 0 fully saturated rings. The Morgan fingerprint density at radius 3 is 2.00 bits per heavy atom. The fraction of sp³-hybridized carbons (Fsp3) is 0.345. The Balaban J connectivity index is 1.58. The van der Waals surface area contributed by atoms with Crippen molar-refractivity contribution in [1.82, 2.24) is 5.32 Å². The fourth-order valence-electron chi connectivity index (χ4n) is 4.15. The van der Waals surface area contributed by atoms with Gasteiger partial charge in [-0.05, 0) is 72.6 Å². The average molecular weight is 493 g/mol. The Morgan fingerprint density at radius 1 is 0.886 bits per heavy atom. The van der Waals surface area contributed by atoms with Gasteiger partial charge in [-0.3, -0.25) is 9.10 Å². The van der Waals surface area contributed by atoms with Crippen molar-refractivity contribution in [2.75, 3.05) is 17.1 Å². The maximum absolute atomic E-state index is 12.6. The lowest BCUT2D eigenvalue weighted by atomic mass is 10.0. The lowest BCUT2D eigenvalue weighted by molar-refractivity contribution is 0.0953. The molecule has 3 rings (SSSR count). The van der Waals surface area contributed by atoms with Gasteiger partial charge < -0.3 is 5.32 Å². The summed E-state index contributed by atoms with van der Waals surface area (Å²) >= 11 is 0. The summed E-state index contributed by atoms with van der Waals surface area (Å²) in [6.45, 7) is 9.00. The van der Waals surface area contributed by atoms with E-state index in [2.05, 4.69) is 43.4 Å². The molecule has 0 saturated heterocycles. The first-order chi connectivity index (χ1) is 16.6. The van der Waals surface area contributed by atoms with Gasteiger partial charge in [0.05, 0.1) is 18.5 Å². The van der Waals surface area contributed by atoms with Crippen LogP contribution in [0.5, 0.6) is 0 Å². The molecule has 0 spiro atoms. The Labute approximate surface area is 210 Å². The lowest BCUT2D eigenvalue weighted by Crippen LogP contribution is -2.30. The summed E-state index contributed by atoms with van der Waals surface area (Å²) in [7, 11) is -3.48. The van der Waals surface area contributed by atoms with Crippen LogP contribution in [0.4, 0.5) is 5.69 Å². The molecule has 0 aliphatic carbocycles. The van der Waals surface area contributed by atoms with Crippen LogP contribution in [0.25, 0.3) is 0 Å². The standard InChI is InChI=1S/C29H36N2O3S/c1-21(2)26-15-11-24(12-16-26)10-7-19-30-29(32)27-17-13-25(14-18-27)20-31(35(5,33)34)28-22(3)8-6-9-23(28)4/h6,8-9,11-18,21H,7,10,19-20H2,1-5H3,(H,30,32). The molecule has 6 heteroatoms. The number of hydrogen-bond acceptors (Lipinski definition) is 3. The molecular weight excluding hydrogens is 456 g/mol. The second kappa shape index (κ2) is 11.5. The second-order valence-electron chi connectivity index (χ2n) is 9.46. The van der Waals surface area contributed by atoms with Crippen LogP contribution in [0, 0.1) is 13.8 Å². The fourth-order valence-corrected chi connectivity index (χ4v) is 5.16. The van der Waals surface area contributed by atoms with E-state index < -0.39 is 10.0 Å². The SMILES string of the molecule is Cc1cccc(C)c1N(Cc1ccc(C(=O)NCCCc2ccc(C(C)C)cc2)cc1)S(C)(=O)=O. The van der Waals surface area contributed by atoms with Crippen LogP contribution in [-0.4, -0.2) is 27.1 Å². The van der Waals surface area contributed by atoms with Crippen molar-refractivity contribution in [3.63, 3.8) is 0 Å². The van der Waals surface area contributed by atoms with Crippen LogP contribution in [-0.2, 0) is 23.0 Å². The maximum atomic E-state index is 12.6. The molecule has 3 aromatic rings. The number of anilines is 1. The van der Waals surface area contributed by atoms with Gasteiger partial charge in [0.15, 0.2) is 0 Å². The van der Waals surface area contributed by atoms with E-state index >= 15 is 0 Å². The maximum Gasteiger partial charge on any atom is 0.251 e.